The molecule has 6 heteroatoms. The average molecular weight is 400 g/mol. The van der Waals surface area contributed by atoms with Gasteiger partial charge in [-0.1, -0.05) is 11.6 Å². The van der Waals surface area contributed by atoms with Crippen molar-refractivity contribution in [2.24, 2.45) is 7.05 Å². The molecule has 3 rings (SSSR count). The molecule has 102 valence electrons. The van der Waals surface area contributed by atoms with Crippen LogP contribution in [0.1, 0.15) is 18.4 Å². The van der Waals surface area contributed by atoms with Gasteiger partial charge in [0, 0.05) is 12.6 Å². The molecule has 1 saturated carbocycles. The second kappa shape index (κ2) is 5.26. The van der Waals surface area contributed by atoms with Crippen molar-refractivity contribution in [3.8, 4) is 23.1 Å². The van der Waals surface area contributed by atoms with E-state index < -0.39 is 0 Å². The van der Waals surface area contributed by atoms with Gasteiger partial charge in [0.15, 0.2) is 0 Å². The van der Waals surface area contributed by atoms with Crippen LogP contribution in [0, 0.1) is 14.9 Å². The fourth-order valence-corrected chi connectivity index (χ4v) is 3.05. The summed E-state index contributed by atoms with van der Waals surface area (Å²) in [4.78, 5) is 0. The lowest BCUT2D eigenvalue weighted by Crippen LogP contribution is -2.02. The molecule has 1 aromatic carbocycles. The maximum atomic E-state index is 9.52. The standard InChI is InChI=1S/C14H11ClIN3O/c1-19-14(11(16)7-18-19)13-9(6-17)12(5-4-10(13)15)20-8-2-3-8/h4-5,7-8H,2-3H2,1H3. The maximum absolute atomic E-state index is 9.52. The van der Waals surface area contributed by atoms with Gasteiger partial charge in [-0.25, -0.2) is 0 Å². The summed E-state index contributed by atoms with van der Waals surface area (Å²) >= 11 is 8.51. The Balaban J connectivity index is 2.20. The van der Waals surface area contributed by atoms with E-state index in [1.54, 1.807) is 23.0 Å². The van der Waals surface area contributed by atoms with Gasteiger partial charge in [-0.15, -0.1) is 0 Å². The zero-order chi connectivity index (χ0) is 14.3. The van der Waals surface area contributed by atoms with E-state index in [0.717, 1.165) is 22.1 Å². The fraction of sp³-hybridized carbons (Fsp3) is 0.286. The molecule has 4 nitrogen and oxygen atoms in total. The van der Waals surface area contributed by atoms with E-state index in [2.05, 4.69) is 33.8 Å². The van der Waals surface area contributed by atoms with Crippen LogP contribution in [-0.2, 0) is 7.05 Å². The van der Waals surface area contributed by atoms with Crippen molar-refractivity contribution >= 4 is 34.2 Å². The first kappa shape index (κ1) is 13.7. The largest absolute Gasteiger partial charge is 0.489 e. The highest BCUT2D eigenvalue weighted by Crippen LogP contribution is 2.39. The summed E-state index contributed by atoms with van der Waals surface area (Å²) in [6, 6.07) is 5.77. The first-order valence-corrected chi connectivity index (χ1v) is 7.64. The average Bonchev–Trinajstić information content (AvgIpc) is 3.18. The lowest BCUT2D eigenvalue weighted by molar-refractivity contribution is 0.302. The number of aromatic nitrogens is 2. The Kier molecular flexibility index (Phi) is 3.61. The second-order valence-corrected chi connectivity index (χ2v) is 6.26. The Morgan fingerprint density at radius 3 is 2.80 bits per heavy atom. The van der Waals surface area contributed by atoms with Crippen LogP contribution in [-0.4, -0.2) is 15.9 Å². The van der Waals surface area contributed by atoms with E-state index in [-0.39, 0.29) is 6.10 Å². The Bertz CT molecular complexity index is 696. The monoisotopic (exact) mass is 399 g/mol. The number of hydrogen-bond acceptors (Lipinski definition) is 3. The van der Waals surface area contributed by atoms with Crippen LogP contribution >= 0.6 is 34.2 Å². The van der Waals surface area contributed by atoms with E-state index in [1.807, 2.05) is 7.05 Å². The third kappa shape index (κ3) is 2.38. The Labute approximate surface area is 135 Å². The minimum Gasteiger partial charge on any atom is -0.489 e. The van der Waals surface area contributed by atoms with E-state index >= 15 is 0 Å². The van der Waals surface area contributed by atoms with Crippen molar-refractivity contribution in [3.05, 3.63) is 32.5 Å². The smallest absolute Gasteiger partial charge is 0.138 e. The highest BCUT2D eigenvalue weighted by atomic mass is 127. The van der Waals surface area contributed by atoms with Crippen molar-refractivity contribution < 1.29 is 4.74 Å². The molecule has 0 radical (unpaired) electrons. The lowest BCUT2D eigenvalue weighted by atomic mass is 10.0. The number of hydrogen-bond donors (Lipinski definition) is 0. The zero-order valence-corrected chi connectivity index (χ0v) is 13.6. The van der Waals surface area contributed by atoms with Gasteiger partial charge in [0.05, 0.1) is 26.6 Å². The first-order valence-electron chi connectivity index (χ1n) is 6.19. The number of benzene rings is 1. The quantitative estimate of drug-likeness (QED) is 0.739. The highest BCUT2D eigenvalue weighted by molar-refractivity contribution is 14.1. The van der Waals surface area contributed by atoms with Gasteiger partial charge in [-0.2, -0.15) is 10.4 Å². The van der Waals surface area contributed by atoms with Gasteiger partial charge in [0.25, 0.3) is 0 Å². The molecule has 1 aliphatic rings. The molecule has 2 aromatic rings. The molecule has 0 aliphatic heterocycles. The number of halogens is 2. The SMILES string of the molecule is Cn1ncc(I)c1-c1c(Cl)ccc(OC2CC2)c1C#N. The molecule has 0 atom stereocenters. The van der Waals surface area contributed by atoms with Gasteiger partial charge < -0.3 is 4.74 Å². The molecular formula is C14H11ClIN3O. The molecular weight excluding hydrogens is 389 g/mol. The number of nitriles is 1. The van der Waals surface area contributed by atoms with Gasteiger partial charge in [-0.05, 0) is 47.6 Å². The zero-order valence-electron chi connectivity index (χ0n) is 10.7. The number of nitrogens with zero attached hydrogens (tertiary/aromatic N) is 3. The van der Waals surface area contributed by atoms with E-state index in [4.69, 9.17) is 16.3 Å². The Hall–Kier alpha value is -1.26. The molecule has 1 aliphatic carbocycles. The fourth-order valence-electron chi connectivity index (χ4n) is 2.06. The summed E-state index contributed by atoms with van der Waals surface area (Å²) in [7, 11) is 1.84. The van der Waals surface area contributed by atoms with Crippen LogP contribution in [0.4, 0.5) is 0 Å². The van der Waals surface area contributed by atoms with Crippen LogP contribution in [0.25, 0.3) is 11.3 Å². The molecule has 1 heterocycles. The Morgan fingerprint density at radius 1 is 1.50 bits per heavy atom. The number of ether oxygens (including phenoxy) is 1. The van der Waals surface area contributed by atoms with Crippen LogP contribution in [0.5, 0.6) is 5.75 Å². The molecule has 1 fully saturated rings. The molecule has 0 N–H and O–H groups in total. The highest BCUT2D eigenvalue weighted by Gasteiger charge is 2.27. The van der Waals surface area contributed by atoms with Crippen LogP contribution < -0.4 is 4.74 Å². The molecule has 0 spiro atoms. The predicted molar refractivity (Wildman–Crippen MR) is 84.7 cm³/mol. The molecule has 0 unspecified atom stereocenters. The van der Waals surface area contributed by atoms with Gasteiger partial charge in [0.1, 0.15) is 17.4 Å². The minimum atomic E-state index is 0.238. The second-order valence-electron chi connectivity index (χ2n) is 4.69. The molecule has 20 heavy (non-hydrogen) atoms. The van der Waals surface area contributed by atoms with E-state index in [1.165, 1.54) is 0 Å². The van der Waals surface area contributed by atoms with Gasteiger partial charge in [0.2, 0.25) is 0 Å². The van der Waals surface area contributed by atoms with Crippen molar-refractivity contribution in [3.63, 3.8) is 0 Å². The number of rotatable bonds is 3. The molecule has 0 bridgehead atoms. The third-order valence-electron chi connectivity index (χ3n) is 3.18. The van der Waals surface area contributed by atoms with E-state index in [0.29, 0.717) is 21.9 Å². The third-order valence-corrected chi connectivity index (χ3v) is 4.28. The summed E-state index contributed by atoms with van der Waals surface area (Å²) in [6.07, 6.45) is 4.08. The van der Waals surface area contributed by atoms with Crippen LogP contribution in [0.15, 0.2) is 18.3 Å². The summed E-state index contributed by atoms with van der Waals surface area (Å²) in [6.45, 7) is 0. The maximum Gasteiger partial charge on any atom is 0.138 e. The van der Waals surface area contributed by atoms with Crippen molar-refractivity contribution in [1.29, 1.82) is 5.26 Å². The summed E-state index contributed by atoms with van der Waals surface area (Å²) < 4.78 is 8.49. The van der Waals surface area contributed by atoms with Crippen molar-refractivity contribution in [2.75, 3.05) is 0 Å². The van der Waals surface area contributed by atoms with Crippen molar-refractivity contribution in [1.82, 2.24) is 9.78 Å². The summed E-state index contributed by atoms with van der Waals surface area (Å²) in [5.74, 6) is 0.603. The van der Waals surface area contributed by atoms with Crippen LogP contribution in [0.2, 0.25) is 5.02 Å². The topological polar surface area (TPSA) is 50.8 Å². The minimum absolute atomic E-state index is 0.238. The predicted octanol–water partition coefficient (Wildman–Crippen LogP) is 3.76. The van der Waals surface area contributed by atoms with Gasteiger partial charge in [-0.3, -0.25) is 4.68 Å². The molecule has 1 aromatic heterocycles. The Morgan fingerprint density at radius 2 is 2.25 bits per heavy atom. The molecule has 0 saturated heterocycles. The van der Waals surface area contributed by atoms with Crippen molar-refractivity contribution in [2.45, 2.75) is 18.9 Å². The molecule has 0 amide bonds. The normalized spacial score (nSPS) is 14.1. The number of aryl methyl sites for hydroxylation is 1. The lowest BCUT2D eigenvalue weighted by Gasteiger charge is -2.13. The van der Waals surface area contributed by atoms with E-state index in [9.17, 15) is 5.26 Å². The summed E-state index contributed by atoms with van der Waals surface area (Å²) in [5.41, 5.74) is 2.01. The van der Waals surface area contributed by atoms with Gasteiger partial charge >= 0.3 is 0 Å². The van der Waals surface area contributed by atoms with Crippen LogP contribution in [0.3, 0.4) is 0 Å². The summed E-state index contributed by atoms with van der Waals surface area (Å²) in [5, 5.41) is 14.3. The first-order chi connectivity index (χ1) is 9.61.